The van der Waals surface area contributed by atoms with Gasteiger partial charge in [-0.2, -0.15) is 0 Å². The summed E-state index contributed by atoms with van der Waals surface area (Å²) >= 11 is 6.03. The summed E-state index contributed by atoms with van der Waals surface area (Å²) in [5.74, 6) is 0.370. The van der Waals surface area contributed by atoms with Gasteiger partial charge in [-0.1, -0.05) is 11.6 Å². The van der Waals surface area contributed by atoms with Gasteiger partial charge < -0.3 is 10.6 Å². The molecule has 0 spiro atoms. The molecule has 0 aliphatic rings. The summed E-state index contributed by atoms with van der Waals surface area (Å²) in [6.07, 6.45) is 4.20. The first-order valence-corrected chi connectivity index (χ1v) is 7.16. The van der Waals surface area contributed by atoms with Crippen molar-refractivity contribution in [1.82, 2.24) is 15.3 Å². The monoisotopic (exact) mass is 304 g/mol. The highest BCUT2D eigenvalue weighted by Crippen LogP contribution is 2.16. The Labute approximate surface area is 128 Å². The van der Waals surface area contributed by atoms with Crippen molar-refractivity contribution >= 4 is 23.3 Å². The number of halogens is 1. The van der Waals surface area contributed by atoms with Gasteiger partial charge in [0.25, 0.3) is 5.91 Å². The van der Waals surface area contributed by atoms with Crippen molar-refractivity contribution in [3.8, 4) is 0 Å². The third-order valence-corrected chi connectivity index (χ3v) is 3.17. The third-order valence-electron chi connectivity index (χ3n) is 2.87. The van der Waals surface area contributed by atoms with Gasteiger partial charge in [0, 0.05) is 25.5 Å². The number of aromatic nitrogens is 2. The number of anilines is 1. The second kappa shape index (κ2) is 7.59. The third kappa shape index (κ3) is 4.43. The summed E-state index contributed by atoms with van der Waals surface area (Å²) in [4.78, 5) is 20.3. The van der Waals surface area contributed by atoms with Crippen molar-refractivity contribution in [1.29, 1.82) is 0 Å². The van der Waals surface area contributed by atoms with Crippen LogP contribution in [0, 0.1) is 0 Å². The maximum absolute atomic E-state index is 12.1. The number of rotatable bonds is 6. The number of nitrogens with zero attached hydrogens (tertiary/aromatic N) is 2. The summed E-state index contributed by atoms with van der Waals surface area (Å²) in [5.41, 5.74) is 1.36. The maximum Gasteiger partial charge on any atom is 0.271 e. The van der Waals surface area contributed by atoms with E-state index in [0.29, 0.717) is 17.4 Å². The van der Waals surface area contributed by atoms with E-state index < -0.39 is 0 Å². The van der Waals surface area contributed by atoms with Crippen LogP contribution in [-0.4, -0.2) is 29.0 Å². The Morgan fingerprint density at radius 2 is 2.00 bits per heavy atom. The van der Waals surface area contributed by atoms with Crippen LogP contribution in [0.5, 0.6) is 0 Å². The predicted molar refractivity (Wildman–Crippen MR) is 83.7 cm³/mol. The van der Waals surface area contributed by atoms with Crippen molar-refractivity contribution in [3.63, 3.8) is 0 Å². The molecule has 2 rings (SSSR count). The van der Waals surface area contributed by atoms with E-state index in [-0.39, 0.29) is 11.6 Å². The Kier molecular flexibility index (Phi) is 5.51. The van der Waals surface area contributed by atoms with Crippen LogP contribution in [0.2, 0.25) is 5.02 Å². The molecule has 0 bridgehead atoms. The SMILES string of the molecule is CCNc1ccc(Cl)c(C(=O)NCCc2ccncc2)n1. The minimum Gasteiger partial charge on any atom is -0.370 e. The number of hydrogen-bond donors (Lipinski definition) is 2. The zero-order valence-corrected chi connectivity index (χ0v) is 12.5. The topological polar surface area (TPSA) is 66.9 Å². The van der Waals surface area contributed by atoms with E-state index >= 15 is 0 Å². The van der Waals surface area contributed by atoms with E-state index in [1.807, 2.05) is 19.1 Å². The van der Waals surface area contributed by atoms with Crippen LogP contribution in [0.3, 0.4) is 0 Å². The average Bonchev–Trinajstić information content (AvgIpc) is 2.50. The number of carbonyl (C=O) groups excluding carboxylic acids is 1. The molecule has 0 aliphatic heterocycles. The number of carbonyl (C=O) groups is 1. The van der Waals surface area contributed by atoms with Crippen LogP contribution in [0.25, 0.3) is 0 Å². The standard InChI is InChI=1S/C15H17ClN4O/c1-2-18-13-4-3-12(16)14(20-13)15(21)19-10-7-11-5-8-17-9-6-11/h3-6,8-9H,2,7,10H2,1H3,(H,18,20)(H,19,21). The fourth-order valence-corrected chi connectivity index (χ4v) is 2.03. The molecule has 5 nitrogen and oxygen atoms in total. The molecular weight excluding hydrogens is 288 g/mol. The molecule has 0 unspecified atom stereocenters. The highest BCUT2D eigenvalue weighted by atomic mass is 35.5. The van der Waals surface area contributed by atoms with Gasteiger partial charge in [-0.3, -0.25) is 9.78 Å². The molecule has 0 saturated heterocycles. The van der Waals surface area contributed by atoms with Crippen LogP contribution < -0.4 is 10.6 Å². The Morgan fingerprint density at radius 3 is 2.71 bits per heavy atom. The summed E-state index contributed by atoms with van der Waals surface area (Å²) < 4.78 is 0. The smallest absolute Gasteiger partial charge is 0.271 e. The molecule has 0 saturated carbocycles. The minimum absolute atomic E-state index is 0.241. The summed E-state index contributed by atoms with van der Waals surface area (Å²) in [5, 5.41) is 6.22. The largest absolute Gasteiger partial charge is 0.370 e. The van der Waals surface area contributed by atoms with E-state index in [2.05, 4.69) is 20.6 Å². The first kappa shape index (κ1) is 15.3. The molecule has 2 aromatic rings. The average molecular weight is 305 g/mol. The van der Waals surface area contributed by atoms with Crippen molar-refractivity contribution in [2.45, 2.75) is 13.3 Å². The Morgan fingerprint density at radius 1 is 1.24 bits per heavy atom. The molecule has 0 aromatic carbocycles. The lowest BCUT2D eigenvalue weighted by Crippen LogP contribution is -2.27. The normalized spacial score (nSPS) is 10.2. The molecule has 110 valence electrons. The molecule has 0 aliphatic carbocycles. The maximum atomic E-state index is 12.1. The first-order valence-electron chi connectivity index (χ1n) is 6.78. The zero-order valence-electron chi connectivity index (χ0n) is 11.8. The van der Waals surface area contributed by atoms with Crippen LogP contribution in [0.4, 0.5) is 5.82 Å². The van der Waals surface area contributed by atoms with Crippen molar-refractivity contribution in [2.24, 2.45) is 0 Å². The van der Waals surface area contributed by atoms with Crippen molar-refractivity contribution in [3.05, 3.63) is 52.9 Å². The molecule has 1 amide bonds. The van der Waals surface area contributed by atoms with Gasteiger partial charge in [0.05, 0.1) is 5.02 Å². The zero-order chi connectivity index (χ0) is 15.1. The number of nitrogens with one attached hydrogen (secondary N) is 2. The van der Waals surface area contributed by atoms with Crippen LogP contribution in [0.15, 0.2) is 36.7 Å². The van der Waals surface area contributed by atoms with Crippen LogP contribution in [-0.2, 0) is 6.42 Å². The molecule has 21 heavy (non-hydrogen) atoms. The number of hydrogen-bond acceptors (Lipinski definition) is 4. The lowest BCUT2D eigenvalue weighted by atomic mass is 10.2. The molecule has 0 atom stereocenters. The lowest BCUT2D eigenvalue weighted by molar-refractivity contribution is 0.0949. The summed E-state index contributed by atoms with van der Waals surface area (Å²) in [6, 6.07) is 7.26. The van der Waals surface area contributed by atoms with Crippen LogP contribution >= 0.6 is 11.6 Å². The van der Waals surface area contributed by atoms with Gasteiger partial charge in [0.1, 0.15) is 11.5 Å². The molecule has 2 N–H and O–H groups in total. The van der Waals surface area contributed by atoms with E-state index in [1.165, 1.54) is 0 Å². The molecule has 0 fully saturated rings. The molecule has 6 heteroatoms. The van der Waals surface area contributed by atoms with Gasteiger partial charge in [-0.05, 0) is 43.2 Å². The summed E-state index contributed by atoms with van der Waals surface area (Å²) in [7, 11) is 0. The quantitative estimate of drug-likeness (QED) is 0.860. The molecule has 2 heterocycles. The first-order chi connectivity index (χ1) is 10.2. The van der Waals surface area contributed by atoms with Gasteiger partial charge in [-0.25, -0.2) is 4.98 Å². The Hall–Kier alpha value is -2.14. The highest BCUT2D eigenvalue weighted by molar-refractivity contribution is 6.33. The Balaban J connectivity index is 1.95. The van der Waals surface area contributed by atoms with Gasteiger partial charge in [-0.15, -0.1) is 0 Å². The van der Waals surface area contributed by atoms with E-state index in [0.717, 1.165) is 18.5 Å². The molecule has 0 radical (unpaired) electrons. The van der Waals surface area contributed by atoms with Crippen LogP contribution in [0.1, 0.15) is 23.0 Å². The van der Waals surface area contributed by atoms with E-state index in [4.69, 9.17) is 11.6 Å². The highest BCUT2D eigenvalue weighted by Gasteiger charge is 2.12. The second-order valence-corrected chi connectivity index (χ2v) is 4.83. The Bertz CT molecular complexity index is 604. The minimum atomic E-state index is -0.270. The van der Waals surface area contributed by atoms with Gasteiger partial charge in [0.2, 0.25) is 0 Å². The lowest BCUT2D eigenvalue weighted by Gasteiger charge is -2.08. The fraction of sp³-hybridized carbons (Fsp3) is 0.267. The fourth-order valence-electron chi connectivity index (χ4n) is 1.83. The predicted octanol–water partition coefficient (Wildman–Crippen LogP) is 2.53. The molecular formula is C15H17ClN4O. The van der Waals surface area contributed by atoms with Crippen molar-refractivity contribution < 1.29 is 4.79 Å². The van der Waals surface area contributed by atoms with Gasteiger partial charge in [0.15, 0.2) is 0 Å². The van der Waals surface area contributed by atoms with Gasteiger partial charge >= 0.3 is 0 Å². The number of amides is 1. The molecule has 2 aromatic heterocycles. The number of pyridine rings is 2. The second-order valence-electron chi connectivity index (χ2n) is 4.42. The van der Waals surface area contributed by atoms with E-state index in [1.54, 1.807) is 24.5 Å². The summed E-state index contributed by atoms with van der Waals surface area (Å²) in [6.45, 7) is 3.22. The van der Waals surface area contributed by atoms with Crippen molar-refractivity contribution in [2.75, 3.05) is 18.4 Å². The van der Waals surface area contributed by atoms with E-state index in [9.17, 15) is 4.79 Å².